The molecule has 0 bridgehead atoms. The van der Waals surface area contributed by atoms with Crippen molar-refractivity contribution in [3.05, 3.63) is 58.3 Å². The van der Waals surface area contributed by atoms with Gasteiger partial charge in [-0.25, -0.2) is 0 Å². The highest BCUT2D eigenvalue weighted by Gasteiger charge is 2.16. The van der Waals surface area contributed by atoms with E-state index in [-0.39, 0.29) is 0 Å². The average molecular weight is 306 g/mol. The van der Waals surface area contributed by atoms with Crippen LogP contribution >= 0.6 is 24.0 Å². The summed E-state index contributed by atoms with van der Waals surface area (Å²) in [6.07, 6.45) is 1.13. The Morgan fingerprint density at radius 2 is 1.90 bits per heavy atom. The molecule has 0 N–H and O–H groups in total. The van der Waals surface area contributed by atoms with Gasteiger partial charge in [-0.1, -0.05) is 36.4 Å². The normalized spacial score (nSPS) is 14.4. The van der Waals surface area contributed by atoms with Crippen molar-refractivity contribution >= 4 is 24.0 Å². The third-order valence-corrected chi connectivity index (χ3v) is 5.17. The summed E-state index contributed by atoms with van der Waals surface area (Å²) in [4.78, 5) is 3.92. The summed E-state index contributed by atoms with van der Waals surface area (Å²) in [5.41, 5.74) is 1.39. The first-order chi connectivity index (χ1) is 9.70. The molecular weight excluding hydrogens is 282 g/mol. The Bertz CT molecular complexity index is 481. The monoisotopic (exact) mass is 305 g/mol. The minimum atomic E-state index is 0.496. The van der Waals surface area contributed by atoms with Crippen LogP contribution in [0.1, 0.15) is 23.3 Å². The van der Waals surface area contributed by atoms with Gasteiger partial charge in [-0.2, -0.15) is 12.6 Å². The van der Waals surface area contributed by atoms with Crippen LogP contribution < -0.4 is 0 Å². The van der Waals surface area contributed by atoms with E-state index >= 15 is 0 Å². The summed E-state index contributed by atoms with van der Waals surface area (Å²) in [5, 5.41) is 2.16. The van der Waals surface area contributed by atoms with Crippen LogP contribution in [-0.4, -0.2) is 30.3 Å². The molecule has 1 nitrogen and oxygen atoms in total. The van der Waals surface area contributed by atoms with E-state index in [4.69, 9.17) is 0 Å². The topological polar surface area (TPSA) is 3.24 Å². The largest absolute Gasteiger partial charge is 0.303 e. The van der Waals surface area contributed by atoms with Crippen molar-refractivity contribution in [1.29, 1.82) is 0 Å². The molecule has 20 heavy (non-hydrogen) atoms. The van der Waals surface area contributed by atoms with E-state index in [1.54, 1.807) is 0 Å². The average Bonchev–Trinajstić information content (AvgIpc) is 2.98. The minimum Gasteiger partial charge on any atom is -0.303 e. The predicted octanol–water partition coefficient (Wildman–Crippen LogP) is 4.32. The van der Waals surface area contributed by atoms with Crippen LogP contribution in [-0.2, 0) is 6.42 Å². The lowest BCUT2D eigenvalue weighted by atomic mass is 10.00. The fourth-order valence-corrected chi connectivity index (χ4v) is 3.55. The van der Waals surface area contributed by atoms with Gasteiger partial charge >= 0.3 is 0 Å². The Hall–Kier alpha value is -0.770. The third kappa shape index (κ3) is 4.37. The second kappa shape index (κ2) is 7.87. The first-order valence-corrected chi connectivity index (χ1v) is 8.60. The smallest absolute Gasteiger partial charge is 0.0112 e. The van der Waals surface area contributed by atoms with E-state index < -0.39 is 0 Å². The van der Waals surface area contributed by atoms with Crippen molar-refractivity contribution in [3.63, 3.8) is 0 Å². The highest BCUT2D eigenvalue weighted by atomic mass is 32.1. The second-order valence-corrected chi connectivity index (χ2v) is 6.76. The zero-order valence-electron chi connectivity index (χ0n) is 12.2. The Morgan fingerprint density at radius 1 is 1.15 bits per heavy atom. The number of hydrogen-bond acceptors (Lipinski definition) is 3. The summed E-state index contributed by atoms with van der Waals surface area (Å²) in [7, 11) is 2.22. The molecule has 3 heteroatoms. The molecule has 108 valence electrons. The summed E-state index contributed by atoms with van der Waals surface area (Å²) in [6, 6.07) is 15.6. The zero-order valence-corrected chi connectivity index (χ0v) is 13.9. The Morgan fingerprint density at radius 3 is 2.50 bits per heavy atom. The molecule has 2 rings (SSSR count). The Kier molecular flexibility index (Phi) is 6.14. The SMILES string of the molecule is CC(Cc1cccs1)N(C)CC(CS)c1ccccc1. The van der Waals surface area contributed by atoms with Gasteiger partial charge < -0.3 is 4.90 Å². The van der Waals surface area contributed by atoms with Gasteiger partial charge in [0.1, 0.15) is 0 Å². The number of thiophene rings is 1. The molecule has 2 atom stereocenters. The van der Waals surface area contributed by atoms with Gasteiger partial charge in [-0.05, 0) is 43.2 Å². The van der Waals surface area contributed by atoms with Gasteiger partial charge in [0.25, 0.3) is 0 Å². The predicted molar refractivity (Wildman–Crippen MR) is 93.2 cm³/mol. The first-order valence-electron chi connectivity index (χ1n) is 7.09. The molecule has 0 aliphatic carbocycles. The lowest BCUT2D eigenvalue weighted by Crippen LogP contribution is -2.34. The van der Waals surface area contributed by atoms with E-state index in [1.807, 2.05) is 11.3 Å². The van der Waals surface area contributed by atoms with Gasteiger partial charge in [0.05, 0.1) is 0 Å². The van der Waals surface area contributed by atoms with E-state index in [1.165, 1.54) is 10.4 Å². The molecule has 2 unspecified atom stereocenters. The molecular formula is C17H23NS2. The fraction of sp³-hybridized carbons (Fsp3) is 0.412. The van der Waals surface area contributed by atoms with E-state index in [2.05, 4.69) is 79.3 Å². The van der Waals surface area contributed by atoms with Crippen LogP contribution in [0.2, 0.25) is 0 Å². The van der Waals surface area contributed by atoms with Crippen LogP contribution in [0, 0.1) is 0 Å². The molecule has 2 aromatic rings. The number of rotatable bonds is 7. The van der Waals surface area contributed by atoms with Gasteiger partial charge in [0, 0.05) is 23.4 Å². The summed E-state index contributed by atoms with van der Waals surface area (Å²) >= 11 is 6.38. The van der Waals surface area contributed by atoms with Gasteiger partial charge in [-0.3, -0.25) is 0 Å². The maximum Gasteiger partial charge on any atom is 0.0112 e. The van der Waals surface area contributed by atoms with Crippen molar-refractivity contribution < 1.29 is 0 Å². The maximum atomic E-state index is 4.53. The summed E-state index contributed by atoms with van der Waals surface area (Å²) < 4.78 is 0. The highest BCUT2D eigenvalue weighted by Crippen LogP contribution is 2.20. The Balaban J connectivity index is 1.93. The lowest BCUT2D eigenvalue weighted by Gasteiger charge is -2.28. The molecule has 0 fully saturated rings. The van der Waals surface area contributed by atoms with Crippen molar-refractivity contribution in [2.24, 2.45) is 0 Å². The lowest BCUT2D eigenvalue weighted by molar-refractivity contribution is 0.246. The zero-order chi connectivity index (χ0) is 14.4. The van der Waals surface area contributed by atoms with Gasteiger partial charge in [0.15, 0.2) is 0 Å². The molecule has 0 aliphatic heterocycles. The molecule has 0 saturated heterocycles. The molecule has 1 aromatic carbocycles. The molecule has 1 aromatic heterocycles. The molecule has 0 saturated carbocycles. The van der Waals surface area contributed by atoms with Gasteiger partial charge in [-0.15, -0.1) is 11.3 Å². The van der Waals surface area contributed by atoms with Crippen LogP contribution in [0.15, 0.2) is 47.8 Å². The number of benzene rings is 1. The molecule has 0 aliphatic rings. The van der Waals surface area contributed by atoms with E-state index in [9.17, 15) is 0 Å². The van der Waals surface area contributed by atoms with Crippen molar-refractivity contribution in [3.8, 4) is 0 Å². The van der Waals surface area contributed by atoms with Crippen LogP contribution in [0.4, 0.5) is 0 Å². The van der Waals surface area contributed by atoms with Crippen molar-refractivity contribution in [2.45, 2.75) is 25.3 Å². The number of likely N-dealkylation sites (N-methyl/N-ethyl adjacent to an activating group) is 1. The van der Waals surface area contributed by atoms with Crippen molar-refractivity contribution in [2.75, 3.05) is 19.3 Å². The Labute approximate surface area is 132 Å². The van der Waals surface area contributed by atoms with Gasteiger partial charge in [0.2, 0.25) is 0 Å². The highest BCUT2D eigenvalue weighted by molar-refractivity contribution is 7.80. The maximum absolute atomic E-state index is 4.53. The number of nitrogens with zero attached hydrogens (tertiary/aromatic N) is 1. The van der Waals surface area contributed by atoms with Crippen molar-refractivity contribution in [1.82, 2.24) is 4.90 Å². The number of hydrogen-bond donors (Lipinski definition) is 1. The van der Waals surface area contributed by atoms with E-state index in [0.29, 0.717) is 12.0 Å². The van der Waals surface area contributed by atoms with E-state index in [0.717, 1.165) is 18.7 Å². The number of thiol groups is 1. The quantitative estimate of drug-likeness (QED) is 0.745. The van der Waals surface area contributed by atoms with Crippen LogP contribution in [0.3, 0.4) is 0 Å². The van der Waals surface area contributed by atoms with Crippen LogP contribution in [0.25, 0.3) is 0 Å². The first kappa shape index (κ1) is 15.6. The summed E-state index contributed by atoms with van der Waals surface area (Å²) in [6.45, 7) is 3.36. The third-order valence-electron chi connectivity index (χ3n) is 3.83. The standard InChI is InChI=1S/C17H23NS2/c1-14(11-17-9-6-10-20-17)18(2)12-16(13-19)15-7-4-3-5-8-15/h3-10,14,16,19H,11-13H2,1-2H3. The molecule has 0 radical (unpaired) electrons. The fourth-order valence-electron chi connectivity index (χ4n) is 2.40. The second-order valence-electron chi connectivity index (χ2n) is 5.36. The minimum absolute atomic E-state index is 0.496. The summed E-state index contributed by atoms with van der Waals surface area (Å²) in [5.74, 6) is 1.38. The molecule has 0 spiro atoms. The van der Waals surface area contributed by atoms with Crippen LogP contribution in [0.5, 0.6) is 0 Å². The molecule has 0 amide bonds. The molecule has 1 heterocycles.